The average molecular weight is 372 g/mol. The van der Waals surface area contributed by atoms with Crippen molar-refractivity contribution in [1.29, 1.82) is 0 Å². The molecule has 0 atom stereocenters. The van der Waals surface area contributed by atoms with Gasteiger partial charge in [-0.3, -0.25) is 14.9 Å². The second kappa shape index (κ2) is 8.75. The normalized spacial score (nSPS) is 14.4. The van der Waals surface area contributed by atoms with Gasteiger partial charge in [-0.05, 0) is 31.4 Å². The van der Waals surface area contributed by atoms with Crippen LogP contribution in [0.5, 0.6) is 0 Å². The van der Waals surface area contributed by atoms with Crippen LogP contribution >= 0.6 is 0 Å². The van der Waals surface area contributed by atoms with Crippen LogP contribution in [-0.4, -0.2) is 39.0 Å². The number of nitrogens with zero attached hydrogens (tertiary/aromatic N) is 4. The van der Waals surface area contributed by atoms with Gasteiger partial charge in [-0.2, -0.15) is 4.98 Å². The number of carbonyl (C=O) groups is 1. The molecule has 1 aromatic carbocycles. The number of hydrogen-bond donors (Lipinski definition) is 0. The monoisotopic (exact) mass is 372 g/mol. The Balaban J connectivity index is 1.62. The molecule has 1 fully saturated rings. The van der Waals surface area contributed by atoms with Crippen molar-refractivity contribution in [3.8, 4) is 11.4 Å². The number of nitro benzene ring substituents is 1. The first kappa shape index (κ1) is 19.0. The summed E-state index contributed by atoms with van der Waals surface area (Å²) in [5, 5.41) is 14.7. The van der Waals surface area contributed by atoms with E-state index < -0.39 is 4.92 Å². The third-order valence-corrected chi connectivity index (χ3v) is 4.91. The molecular formula is C19H24N4O4. The minimum absolute atomic E-state index is 0.0168. The van der Waals surface area contributed by atoms with Gasteiger partial charge >= 0.3 is 0 Å². The highest BCUT2D eigenvalue weighted by Crippen LogP contribution is 2.27. The lowest BCUT2D eigenvalue weighted by Crippen LogP contribution is -2.37. The minimum atomic E-state index is -0.449. The first-order valence-corrected chi connectivity index (χ1v) is 9.44. The zero-order valence-electron chi connectivity index (χ0n) is 15.5. The van der Waals surface area contributed by atoms with Gasteiger partial charge in [-0.15, -0.1) is 0 Å². The molecule has 0 unspecified atom stereocenters. The highest BCUT2D eigenvalue weighted by Gasteiger charge is 2.27. The van der Waals surface area contributed by atoms with Crippen LogP contribution in [0.1, 0.15) is 44.9 Å². The number of hydrogen-bond acceptors (Lipinski definition) is 6. The zero-order chi connectivity index (χ0) is 19.2. The van der Waals surface area contributed by atoms with Gasteiger partial charge < -0.3 is 9.42 Å². The lowest BCUT2D eigenvalue weighted by molar-refractivity contribution is -0.384. The molecule has 1 aliphatic rings. The molecule has 0 N–H and O–H groups in total. The van der Waals surface area contributed by atoms with Crippen LogP contribution in [0, 0.1) is 16.0 Å². The Morgan fingerprint density at radius 3 is 2.59 bits per heavy atom. The van der Waals surface area contributed by atoms with Crippen molar-refractivity contribution in [2.24, 2.45) is 5.92 Å². The van der Waals surface area contributed by atoms with E-state index in [2.05, 4.69) is 17.1 Å². The summed E-state index contributed by atoms with van der Waals surface area (Å²) < 4.78 is 5.30. The quantitative estimate of drug-likeness (QED) is 0.518. The van der Waals surface area contributed by atoms with E-state index in [0.717, 1.165) is 38.6 Å². The summed E-state index contributed by atoms with van der Waals surface area (Å²) in [5.41, 5.74) is 0.672. The molecule has 1 heterocycles. The van der Waals surface area contributed by atoms with Crippen LogP contribution in [0.3, 0.4) is 0 Å². The summed E-state index contributed by atoms with van der Waals surface area (Å²) in [4.78, 5) is 29.2. The minimum Gasteiger partial charge on any atom is -0.342 e. The molecule has 0 saturated heterocycles. The molecule has 8 heteroatoms. The van der Waals surface area contributed by atoms with E-state index in [0.29, 0.717) is 30.2 Å². The Hall–Kier alpha value is -2.77. The number of nitro groups is 1. The fourth-order valence-corrected chi connectivity index (χ4v) is 3.47. The maximum atomic E-state index is 12.7. The second-order valence-corrected chi connectivity index (χ2v) is 6.87. The molecule has 0 bridgehead atoms. The van der Waals surface area contributed by atoms with Crippen LogP contribution < -0.4 is 0 Å². The van der Waals surface area contributed by atoms with Gasteiger partial charge in [0, 0.05) is 43.1 Å². The summed E-state index contributed by atoms with van der Waals surface area (Å²) in [6, 6.07) is 6.02. The third-order valence-electron chi connectivity index (χ3n) is 4.91. The SMILES string of the molecule is CCCN(CCc1nc(-c2ccc([N+](=O)[O-])cc2)no1)C(=O)C1CCCC1. The van der Waals surface area contributed by atoms with Crippen LogP contribution in [0.4, 0.5) is 5.69 Å². The predicted molar refractivity (Wildman–Crippen MR) is 98.9 cm³/mol. The molecular weight excluding hydrogens is 348 g/mol. The molecule has 0 aliphatic heterocycles. The Labute approximate surface area is 157 Å². The second-order valence-electron chi connectivity index (χ2n) is 6.87. The smallest absolute Gasteiger partial charge is 0.269 e. The first-order chi connectivity index (χ1) is 13.1. The zero-order valence-corrected chi connectivity index (χ0v) is 15.5. The Morgan fingerprint density at radius 1 is 1.26 bits per heavy atom. The van der Waals surface area contributed by atoms with Gasteiger partial charge in [0.1, 0.15) is 0 Å². The van der Waals surface area contributed by atoms with Crippen molar-refractivity contribution in [2.75, 3.05) is 13.1 Å². The average Bonchev–Trinajstić information content (AvgIpc) is 3.36. The molecule has 8 nitrogen and oxygen atoms in total. The largest absolute Gasteiger partial charge is 0.342 e. The molecule has 3 rings (SSSR count). The Morgan fingerprint density at radius 2 is 1.96 bits per heavy atom. The molecule has 27 heavy (non-hydrogen) atoms. The summed E-state index contributed by atoms with van der Waals surface area (Å²) in [6.07, 6.45) is 5.67. The molecule has 0 spiro atoms. The number of carbonyl (C=O) groups excluding carboxylic acids is 1. The summed E-state index contributed by atoms with van der Waals surface area (Å²) >= 11 is 0. The Kier molecular flexibility index (Phi) is 6.16. The van der Waals surface area contributed by atoms with Crippen molar-refractivity contribution in [3.63, 3.8) is 0 Å². The first-order valence-electron chi connectivity index (χ1n) is 9.44. The van der Waals surface area contributed by atoms with Gasteiger partial charge in [-0.1, -0.05) is 24.9 Å². The van der Waals surface area contributed by atoms with Crippen molar-refractivity contribution in [1.82, 2.24) is 15.0 Å². The van der Waals surface area contributed by atoms with Crippen molar-refractivity contribution in [3.05, 3.63) is 40.3 Å². The molecule has 2 aromatic rings. The molecule has 1 saturated carbocycles. The van der Waals surface area contributed by atoms with Gasteiger partial charge in [0.05, 0.1) is 4.92 Å². The molecule has 144 valence electrons. The summed E-state index contributed by atoms with van der Waals surface area (Å²) in [5.74, 6) is 1.26. The van der Waals surface area contributed by atoms with E-state index in [1.165, 1.54) is 12.1 Å². The molecule has 1 amide bonds. The highest BCUT2D eigenvalue weighted by atomic mass is 16.6. The maximum absolute atomic E-state index is 12.7. The van der Waals surface area contributed by atoms with Gasteiger partial charge in [-0.25, -0.2) is 0 Å². The van der Waals surface area contributed by atoms with Crippen LogP contribution in [0.15, 0.2) is 28.8 Å². The number of aromatic nitrogens is 2. The number of benzene rings is 1. The summed E-state index contributed by atoms with van der Waals surface area (Å²) in [6.45, 7) is 3.36. The maximum Gasteiger partial charge on any atom is 0.269 e. The number of rotatable bonds is 8. The van der Waals surface area contributed by atoms with Crippen LogP contribution in [-0.2, 0) is 11.2 Å². The van der Waals surface area contributed by atoms with Gasteiger partial charge in [0.15, 0.2) is 0 Å². The summed E-state index contributed by atoms with van der Waals surface area (Å²) in [7, 11) is 0. The van der Waals surface area contributed by atoms with Crippen molar-refractivity contribution in [2.45, 2.75) is 45.4 Å². The molecule has 0 radical (unpaired) electrons. The van der Waals surface area contributed by atoms with E-state index in [-0.39, 0.29) is 17.5 Å². The van der Waals surface area contributed by atoms with Crippen molar-refractivity contribution >= 4 is 11.6 Å². The highest BCUT2D eigenvalue weighted by molar-refractivity contribution is 5.79. The van der Waals surface area contributed by atoms with Gasteiger partial charge in [0.2, 0.25) is 17.6 Å². The lowest BCUT2D eigenvalue weighted by atomic mass is 10.1. The van der Waals surface area contributed by atoms with E-state index >= 15 is 0 Å². The van der Waals surface area contributed by atoms with E-state index in [4.69, 9.17) is 4.52 Å². The fraction of sp³-hybridized carbons (Fsp3) is 0.526. The number of non-ortho nitro benzene ring substituents is 1. The van der Waals surface area contributed by atoms with Gasteiger partial charge in [0.25, 0.3) is 5.69 Å². The Bertz CT molecular complexity index is 781. The fourth-order valence-electron chi connectivity index (χ4n) is 3.47. The number of amides is 1. The topological polar surface area (TPSA) is 102 Å². The van der Waals surface area contributed by atoms with E-state index in [9.17, 15) is 14.9 Å². The van der Waals surface area contributed by atoms with Crippen LogP contribution in [0.2, 0.25) is 0 Å². The van der Waals surface area contributed by atoms with Crippen LogP contribution in [0.25, 0.3) is 11.4 Å². The lowest BCUT2D eigenvalue weighted by Gasteiger charge is -2.24. The predicted octanol–water partition coefficient (Wildman–Crippen LogP) is 3.62. The van der Waals surface area contributed by atoms with Crippen molar-refractivity contribution < 1.29 is 14.2 Å². The third kappa shape index (κ3) is 4.69. The van der Waals surface area contributed by atoms with E-state index in [1.807, 2.05) is 4.90 Å². The molecule has 1 aliphatic carbocycles. The molecule has 1 aromatic heterocycles. The standard InChI is InChI=1S/C19H24N4O4/c1-2-12-22(19(24)15-5-3-4-6-15)13-11-17-20-18(21-27-17)14-7-9-16(10-8-14)23(25)26/h7-10,15H,2-6,11-13H2,1H3. The van der Waals surface area contributed by atoms with E-state index in [1.54, 1.807) is 12.1 Å².